The molecule has 0 fully saturated rings. The van der Waals surface area contributed by atoms with E-state index in [2.05, 4.69) is 29.6 Å². The summed E-state index contributed by atoms with van der Waals surface area (Å²) in [5.41, 5.74) is 2.98. The number of aliphatic hydroxyl groups excluding tert-OH is 1. The normalized spacial score (nSPS) is 13.0. The van der Waals surface area contributed by atoms with E-state index in [1.807, 2.05) is 35.7 Å². The van der Waals surface area contributed by atoms with E-state index < -0.39 is 20.1 Å². The van der Waals surface area contributed by atoms with Gasteiger partial charge in [0.25, 0.3) is 5.91 Å². The molecule has 1 amide bonds. The molecule has 0 aliphatic rings. The number of aliphatic hydroxyl groups is 1. The van der Waals surface area contributed by atoms with Gasteiger partial charge in [-0.3, -0.25) is 14.6 Å². The van der Waals surface area contributed by atoms with Gasteiger partial charge in [-0.2, -0.15) is 0 Å². The molecule has 0 radical (unpaired) electrons. The number of pyridine rings is 2. The minimum absolute atomic E-state index is 0.115. The maximum absolute atomic E-state index is 13.2. The predicted octanol–water partition coefficient (Wildman–Crippen LogP) is 3.83. The lowest BCUT2D eigenvalue weighted by atomic mass is 10.0. The van der Waals surface area contributed by atoms with Gasteiger partial charge in [-0.25, -0.2) is 4.98 Å². The van der Waals surface area contributed by atoms with Crippen LogP contribution in [-0.4, -0.2) is 90.5 Å². The number of ketones is 1. The molecule has 204 valence electrons. The van der Waals surface area contributed by atoms with Crippen LogP contribution < -0.4 is 0 Å². The topological polar surface area (TPSA) is 101 Å². The van der Waals surface area contributed by atoms with E-state index >= 15 is 0 Å². The molecule has 3 aromatic heterocycles. The number of nitrogens with zero attached hydrogens (tertiary/aromatic N) is 5. The highest BCUT2D eigenvalue weighted by molar-refractivity contribution is 6.76. The molecule has 0 saturated carbocycles. The van der Waals surface area contributed by atoms with Crippen LogP contribution in [0.1, 0.15) is 22.0 Å². The number of likely N-dealkylation sites (N-methyl/N-ethyl adjacent to an activating group) is 2. The fourth-order valence-corrected chi connectivity index (χ4v) is 4.53. The van der Waals surface area contributed by atoms with E-state index in [0.29, 0.717) is 47.6 Å². The summed E-state index contributed by atoms with van der Waals surface area (Å²) in [6.45, 7) is 8.53. The van der Waals surface area contributed by atoms with Crippen molar-refractivity contribution in [2.24, 2.45) is 0 Å². The maximum Gasteiger partial charge on any atom is 0.255 e. The van der Waals surface area contributed by atoms with Crippen molar-refractivity contribution in [3.8, 4) is 11.1 Å². The molecule has 38 heavy (non-hydrogen) atoms. The Hall–Kier alpha value is -3.18. The average Bonchev–Trinajstić information content (AvgIpc) is 3.22. The quantitative estimate of drug-likeness (QED) is 0.162. The van der Waals surface area contributed by atoms with Crippen molar-refractivity contribution < 1.29 is 19.4 Å². The van der Waals surface area contributed by atoms with Gasteiger partial charge in [-0.15, -0.1) is 0 Å². The zero-order valence-electron chi connectivity index (χ0n) is 23.4. The Labute approximate surface area is 225 Å². The van der Waals surface area contributed by atoms with Gasteiger partial charge in [-0.05, 0) is 38.3 Å². The van der Waals surface area contributed by atoms with Gasteiger partial charge in [0.15, 0.2) is 11.9 Å². The SMILES string of the molecule is CN(C)C/C=C/C(=O)c1cn(COCC[Si](C)(C)C)c2ncc(-c3cncc(C(O)C(=O)N(C)C)c3)cc12. The number of carbonyl (C=O) groups is 2. The molecule has 1 unspecified atom stereocenters. The van der Waals surface area contributed by atoms with Crippen LogP contribution in [0.3, 0.4) is 0 Å². The van der Waals surface area contributed by atoms with Crippen LogP contribution in [0.2, 0.25) is 25.7 Å². The van der Waals surface area contributed by atoms with Crippen molar-refractivity contribution in [1.82, 2.24) is 24.3 Å². The number of rotatable bonds is 12. The molecule has 0 spiro atoms. The number of aromatic nitrogens is 3. The lowest BCUT2D eigenvalue weighted by Gasteiger charge is -2.16. The Morgan fingerprint density at radius 1 is 1.11 bits per heavy atom. The third-order valence-corrected chi connectivity index (χ3v) is 7.73. The van der Waals surface area contributed by atoms with Crippen LogP contribution in [-0.2, 0) is 16.3 Å². The van der Waals surface area contributed by atoms with Gasteiger partial charge >= 0.3 is 0 Å². The molecule has 1 N–H and O–H groups in total. The average molecular weight is 538 g/mol. The number of ether oxygens (including phenoxy) is 1. The molecule has 3 aromatic rings. The van der Waals surface area contributed by atoms with E-state index in [0.717, 1.165) is 11.6 Å². The Bertz CT molecular complexity index is 1310. The summed E-state index contributed by atoms with van der Waals surface area (Å²) in [6, 6.07) is 4.67. The van der Waals surface area contributed by atoms with Crippen LogP contribution in [0.15, 0.2) is 49.1 Å². The minimum atomic E-state index is -1.32. The summed E-state index contributed by atoms with van der Waals surface area (Å²) in [4.78, 5) is 37.7. The molecule has 3 heterocycles. The second-order valence-electron chi connectivity index (χ2n) is 11.1. The minimum Gasteiger partial charge on any atom is -0.378 e. The van der Waals surface area contributed by atoms with Crippen molar-refractivity contribution in [3.05, 3.63) is 60.2 Å². The van der Waals surface area contributed by atoms with Crippen molar-refractivity contribution in [2.45, 2.75) is 38.5 Å². The first kappa shape index (κ1) is 29.4. The van der Waals surface area contributed by atoms with Crippen molar-refractivity contribution in [3.63, 3.8) is 0 Å². The standard InChI is InChI=1S/C28H39N5O4Si/c1-31(2)10-8-9-25(34)24-18-33(19-37-11-12-38(5,6)7)27-23(24)14-21(17-30-27)20-13-22(16-29-15-20)26(35)28(36)32(3)4/h8-9,13-18,26,35H,10-12,19H2,1-7H3/b9-8+. The van der Waals surface area contributed by atoms with Crippen molar-refractivity contribution in [1.29, 1.82) is 0 Å². The Morgan fingerprint density at radius 2 is 1.82 bits per heavy atom. The molecule has 0 aliphatic heterocycles. The van der Waals surface area contributed by atoms with Crippen LogP contribution >= 0.6 is 0 Å². The molecule has 0 aliphatic carbocycles. The Morgan fingerprint density at radius 3 is 2.47 bits per heavy atom. The van der Waals surface area contributed by atoms with E-state index in [1.54, 1.807) is 44.8 Å². The Balaban J connectivity index is 1.98. The van der Waals surface area contributed by atoms with Crippen molar-refractivity contribution >= 4 is 30.8 Å². The number of amides is 1. The number of carbonyl (C=O) groups excluding carboxylic acids is 2. The van der Waals surface area contributed by atoms with E-state index in [-0.39, 0.29) is 5.78 Å². The largest absolute Gasteiger partial charge is 0.378 e. The molecule has 9 nitrogen and oxygen atoms in total. The van der Waals surface area contributed by atoms with Gasteiger partial charge in [0.2, 0.25) is 0 Å². The number of hydrogen-bond acceptors (Lipinski definition) is 7. The third-order valence-electron chi connectivity index (χ3n) is 6.03. The van der Waals surface area contributed by atoms with Crippen LogP contribution in [0.5, 0.6) is 0 Å². The fourth-order valence-electron chi connectivity index (χ4n) is 3.78. The lowest BCUT2D eigenvalue weighted by Crippen LogP contribution is -2.28. The molecule has 0 bridgehead atoms. The van der Waals surface area contributed by atoms with E-state index in [4.69, 9.17) is 4.74 Å². The molecular weight excluding hydrogens is 498 g/mol. The first-order chi connectivity index (χ1) is 17.9. The summed E-state index contributed by atoms with van der Waals surface area (Å²) in [5.74, 6) is -0.545. The zero-order valence-corrected chi connectivity index (χ0v) is 24.4. The summed E-state index contributed by atoms with van der Waals surface area (Å²) in [6.07, 6.45) is 8.73. The summed E-state index contributed by atoms with van der Waals surface area (Å²) >= 11 is 0. The van der Waals surface area contributed by atoms with Crippen LogP contribution in [0.4, 0.5) is 0 Å². The summed E-state index contributed by atoms with van der Waals surface area (Å²) < 4.78 is 7.82. The molecule has 1 atom stereocenters. The van der Waals surface area contributed by atoms with Crippen molar-refractivity contribution in [2.75, 3.05) is 41.3 Å². The van der Waals surface area contributed by atoms with Gasteiger partial charge in [0, 0.05) is 87.7 Å². The summed E-state index contributed by atoms with van der Waals surface area (Å²) in [5, 5.41) is 11.2. The third kappa shape index (κ3) is 7.67. The highest BCUT2D eigenvalue weighted by atomic mass is 28.3. The number of hydrogen-bond donors (Lipinski definition) is 1. The number of fused-ring (bicyclic) bond motifs is 1. The van der Waals surface area contributed by atoms with E-state index in [1.165, 1.54) is 11.1 Å². The van der Waals surface area contributed by atoms with Gasteiger partial charge in [-0.1, -0.05) is 25.7 Å². The smallest absolute Gasteiger partial charge is 0.255 e. The maximum atomic E-state index is 13.2. The lowest BCUT2D eigenvalue weighted by molar-refractivity contribution is -0.137. The van der Waals surface area contributed by atoms with Gasteiger partial charge in [0.05, 0.1) is 0 Å². The number of allylic oxidation sites excluding steroid dienone is 1. The molecule has 0 saturated heterocycles. The fraction of sp³-hybridized carbons (Fsp3) is 0.429. The molecule has 0 aromatic carbocycles. The second kappa shape index (κ2) is 12.6. The predicted molar refractivity (Wildman–Crippen MR) is 153 cm³/mol. The molecular formula is C28H39N5O4Si. The first-order valence-electron chi connectivity index (χ1n) is 12.6. The van der Waals surface area contributed by atoms with Gasteiger partial charge in [0.1, 0.15) is 12.4 Å². The summed E-state index contributed by atoms with van der Waals surface area (Å²) in [7, 11) is 5.84. The molecule has 10 heteroatoms. The van der Waals surface area contributed by atoms with Crippen LogP contribution in [0.25, 0.3) is 22.2 Å². The van der Waals surface area contributed by atoms with Gasteiger partial charge < -0.3 is 24.2 Å². The first-order valence-corrected chi connectivity index (χ1v) is 16.3. The molecule has 3 rings (SSSR count). The highest BCUT2D eigenvalue weighted by Gasteiger charge is 2.21. The zero-order chi connectivity index (χ0) is 28.0. The highest BCUT2D eigenvalue weighted by Crippen LogP contribution is 2.28. The second-order valence-corrected chi connectivity index (χ2v) is 16.7. The Kier molecular flexibility index (Phi) is 9.72. The monoisotopic (exact) mass is 537 g/mol. The van der Waals surface area contributed by atoms with Crippen LogP contribution in [0, 0.1) is 0 Å². The van der Waals surface area contributed by atoms with E-state index in [9.17, 15) is 14.7 Å².